The topological polar surface area (TPSA) is 65.0 Å². The van der Waals surface area contributed by atoms with Crippen molar-refractivity contribution < 1.29 is 23.2 Å². The van der Waals surface area contributed by atoms with Crippen molar-refractivity contribution in [3.63, 3.8) is 0 Å². The minimum absolute atomic E-state index is 0.0651. The Balaban J connectivity index is 1.77. The van der Waals surface area contributed by atoms with Crippen molar-refractivity contribution in [1.82, 2.24) is 0 Å². The zero-order valence-corrected chi connectivity index (χ0v) is 22.2. The van der Waals surface area contributed by atoms with Crippen molar-refractivity contribution in [2.75, 3.05) is 6.61 Å². The predicted octanol–water partition coefficient (Wildman–Crippen LogP) is 8.80. The van der Waals surface area contributed by atoms with E-state index >= 15 is 0 Å². The van der Waals surface area contributed by atoms with Gasteiger partial charge in [0, 0.05) is 6.42 Å². The van der Waals surface area contributed by atoms with Crippen molar-refractivity contribution in [2.45, 2.75) is 59.0 Å². The normalized spacial score (nSPS) is 19.7. The average Bonchev–Trinajstić information content (AvgIpc) is 2.84. The first-order valence-electron chi connectivity index (χ1n) is 12.6. The molecule has 36 heavy (non-hydrogen) atoms. The second kappa shape index (κ2) is 11.5. The molecule has 2 atom stereocenters. The second-order valence-corrected chi connectivity index (χ2v) is 11.0. The summed E-state index contributed by atoms with van der Waals surface area (Å²) in [4.78, 5) is 0. The SMILES string of the molecule is C=C(C)c1ccc(C)cc1-c1c(O)cc(CCCCC)cc1OP1(=O)OCCC(c2ccccc2)O1. The molecule has 4 rings (SSSR count). The number of rotatable bonds is 9. The number of phenols is 1. The summed E-state index contributed by atoms with van der Waals surface area (Å²) in [6.45, 7) is 10.4. The van der Waals surface area contributed by atoms with Gasteiger partial charge < -0.3 is 9.63 Å². The van der Waals surface area contributed by atoms with Gasteiger partial charge in [0.15, 0.2) is 0 Å². The Morgan fingerprint density at radius 2 is 1.92 bits per heavy atom. The fraction of sp³-hybridized carbons (Fsp3) is 0.333. The van der Waals surface area contributed by atoms with E-state index in [0.717, 1.165) is 59.1 Å². The lowest BCUT2D eigenvalue weighted by molar-refractivity contribution is 0.0510. The van der Waals surface area contributed by atoms with Crippen molar-refractivity contribution >= 4 is 13.4 Å². The smallest absolute Gasteiger partial charge is 0.507 e. The monoisotopic (exact) mass is 506 g/mol. The van der Waals surface area contributed by atoms with Crippen LogP contribution in [0, 0.1) is 6.92 Å². The van der Waals surface area contributed by atoms with Gasteiger partial charge in [0.05, 0.1) is 18.3 Å². The molecule has 1 heterocycles. The Morgan fingerprint density at radius 1 is 1.14 bits per heavy atom. The summed E-state index contributed by atoms with van der Waals surface area (Å²) in [7, 11) is -3.96. The molecule has 3 aromatic rings. The number of aryl methyl sites for hydroxylation is 2. The van der Waals surface area contributed by atoms with E-state index in [4.69, 9.17) is 13.6 Å². The molecule has 1 aliphatic heterocycles. The Kier molecular flexibility index (Phi) is 8.35. The van der Waals surface area contributed by atoms with Crippen LogP contribution >= 0.6 is 7.82 Å². The third kappa shape index (κ3) is 6.10. The number of benzene rings is 3. The third-order valence-electron chi connectivity index (χ3n) is 6.38. The number of phosphoric acid groups is 1. The first-order valence-corrected chi connectivity index (χ1v) is 14.1. The van der Waals surface area contributed by atoms with Gasteiger partial charge in [-0.25, -0.2) is 4.57 Å². The fourth-order valence-corrected chi connectivity index (χ4v) is 5.94. The number of phenolic OH excluding ortho intramolecular Hbond substituents is 1. The molecular weight excluding hydrogens is 471 g/mol. The molecule has 1 fully saturated rings. The quantitative estimate of drug-likeness (QED) is 0.232. The maximum Gasteiger partial charge on any atom is 0.530 e. The molecule has 1 saturated heterocycles. The molecule has 0 aromatic heterocycles. The van der Waals surface area contributed by atoms with E-state index in [1.54, 1.807) is 6.07 Å². The Bertz CT molecular complexity index is 1270. The van der Waals surface area contributed by atoms with Crippen LogP contribution in [0.5, 0.6) is 11.5 Å². The molecule has 0 saturated carbocycles. The molecule has 2 unspecified atom stereocenters. The number of aromatic hydroxyl groups is 1. The van der Waals surface area contributed by atoms with Gasteiger partial charge in [-0.1, -0.05) is 86.0 Å². The van der Waals surface area contributed by atoms with Crippen LogP contribution in [0.15, 0.2) is 67.2 Å². The Hall–Kier alpha value is -2.85. The van der Waals surface area contributed by atoms with Crippen molar-refractivity contribution in [3.05, 3.63) is 89.5 Å². The van der Waals surface area contributed by atoms with Gasteiger partial charge in [0.1, 0.15) is 11.5 Å². The van der Waals surface area contributed by atoms with E-state index in [9.17, 15) is 9.67 Å². The summed E-state index contributed by atoms with van der Waals surface area (Å²) in [5.74, 6) is 0.349. The highest BCUT2D eigenvalue weighted by Gasteiger charge is 2.38. The average molecular weight is 507 g/mol. The first-order chi connectivity index (χ1) is 17.3. The van der Waals surface area contributed by atoms with Crippen LogP contribution in [-0.2, 0) is 20.0 Å². The van der Waals surface area contributed by atoms with Crippen LogP contribution < -0.4 is 4.52 Å². The molecule has 0 bridgehead atoms. The van der Waals surface area contributed by atoms with Gasteiger partial charge >= 0.3 is 7.82 Å². The fourth-order valence-electron chi connectivity index (χ4n) is 4.53. The summed E-state index contributed by atoms with van der Waals surface area (Å²) in [6.07, 6.45) is 4.11. The first kappa shape index (κ1) is 26.2. The Labute approximate surface area is 214 Å². The zero-order valence-electron chi connectivity index (χ0n) is 21.3. The highest BCUT2D eigenvalue weighted by Crippen LogP contribution is 2.58. The van der Waals surface area contributed by atoms with E-state index in [2.05, 4.69) is 13.5 Å². The van der Waals surface area contributed by atoms with Gasteiger partial charge in [-0.3, -0.25) is 9.05 Å². The lowest BCUT2D eigenvalue weighted by Crippen LogP contribution is -2.16. The molecule has 6 heteroatoms. The molecule has 190 valence electrons. The summed E-state index contributed by atoms with van der Waals surface area (Å²) in [5, 5.41) is 11.2. The van der Waals surface area contributed by atoms with E-state index in [1.165, 1.54) is 0 Å². The number of hydrogen-bond donors (Lipinski definition) is 1. The number of unbranched alkanes of at least 4 members (excludes halogenated alkanes) is 2. The maximum atomic E-state index is 13.8. The molecule has 1 aliphatic rings. The molecule has 0 aliphatic carbocycles. The van der Waals surface area contributed by atoms with Gasteiger partial charge in [-0.15, -0.1) is 0 Å². The van der Waals surface area contributed by atoms with Crippen molar-refractivity contribution in [2.24, 2.45) is 0 Å². The summed E-state index contributed by atoms with van der Waals surface area (Å²) in [5.41, 5.74) is 5.80. The van der Waals surface area contributed by atoms with E-state index in [-0.39, 0.29) is 18.1 Å². The van der Waals surface area contributed by atoms with Crippen LogP contribution in [0.3, 0.4) is 0 Å². The number of phosphoric ester groups is 1. The number of hydrogen-bond acceptors (Lipinski definition) is 5. The summed E-state index contributed by atoms with van der Waals surface area (Å²) in [6, 6.07) is 19.3. The Morgan fingerprint density at radius 3 is 2.64 bits per heavy atom. The van der Waals surface area contributed by atoms with Gasteiger partial charge in [0.2, 0.25) is 0 Å². The largest absolute Gasteiger partial charge is 0.530 e. The highest BCUT2D eigenvalue weighted by molar-refractivity contribution is 7.49. The zero-order chi connectivity index (χ0) is 25.7. The minimum Gasteiger partial charge on any atom is -0.507 e. The molecule has 5 nitrogen and oxygen atoms in total. The summed E-state index contributed by atoms with van der Waals surface area (Å²) >= 11 is 0. The standard InChI is InChI=1S/C30H35O5P/c1-5-6-8-11-23-19-27(31)30(26-18-22(4)14-15-25(26)21(2)3)29(20-23)35-36(32)33-17-16-28(34-36)24-12-9-7-10-13-24/h7,9-10,12-15,18-20,28,31H,2,5-6,8,11,16-17H2,1,3-4H3. The lowest BCUT2D eigenvalue weighted by Gasteiger charge is -2.30. The van der Waals surface area contributed by atoms with Crippen molar-refractivity contribution in [3.8, 4) is 22.6 Å². The van der Waals surface area contributed by atoms with Gasteiger partial charge in [-0.2, -0.15) is 0 Å². The molecule has 0 amide bonds. The van der Waals surface area contributed by atoms with Crippen LogP contribution in [-0.4, -0.2) is 11.7 Å². The minimum atomic E-state index is -3.96. The van der Waals surface area contributed by atoms with Crippen LogP contribution in [0.1, 0.15) is 67.9 Å². The van der Waals surface area contributed by atoms with Crippen LogP contribution in [0.2, 0.25) is 0 Å². The molecule has 3 aromatic carbocycles. The molecular formula is C30H35O5P. The van der Waals surface area contributed by atoms with Crippen molar-refractivity contribution in [1.29, 1.82) is 0 Å². The predicted molar refractivity (Wildman–Crippen MR) is 145 cm³/mol. The van der Waals surface area contributed by atoms with Crippen LogP contribution in [0.4, 0.5) is 0 Å². The second-order valence-electron chi connectivity index (χ2n) is 9.44. The summed E-state index contributed by atoms with van der Waals surface area (Å²) < 4.78 is 31.4. The molecule has 0 spiro atoms. The molecule has 1 N–H and O–H groups in total. The van der Waals surface area contributed by atoms with E-state index < -0.39 is 13.9 Å². The molecule has 0 radical (unpaired) electrons. The third-order valence-corrected chi connectivity index (χ3v) is 7.81. The van der Waals surface area contributed by atoms with E-state index in [1.807, 2.05) is 68.4 Å². The lowest BCUT2D eigenvalue weighted by atomic mass is 9.91. The highest BCUT2D eigenvalue weighted by atomic mass is 31.2. The van der Waals surface area contributed by atoms with Gasteiger partial charge in [0.25, 0.3) is 0 Å². The number of allylic oxidation sites excluding steroid dienone is 1. The van der Waals surface area contributed by atoms with E-state index in [0.29, 0.717) is 12.0 Å². The maximum absolute atomic E-state index is 13.8. The van der Waals surface area contributed by atoms with Gasteiger partial charge in [-0.05, 0) is 61.1 Å². The van der Waals surface area contributed by atoms with Crippen LogP contribution in [0.25, 0.3) is 16.7 Å².